The second-order valence-corrected chi connectivity index (χ2v) is 28.1. The minimum Gasteiger partial charge on any atom is -0.497 e. The quantitative estimate of drug-likeness (QED) is 0.0489. The Balaban J connectivity index is 0.808. The summed E-state index contributed by atoms with van der Waals surface area (Å²) in [6.45, 7) is 0.532. The molecule has 0 aliphatic carbocycles. The zero-order chi connectivity index (χ0) is 67.8. The van der Waals surface area contributed by atoms with Gasteiger partial charge in [0.05, 0.1) is 48.8 Å². The number of hydrogen-bond donors (Lipinski definition) is 2. The van der Waals surface area contributed by atoms with Crippen LogP contribution < -0.4 is 56.8 Å². The minimum absolute atomic E-state index is 0.0924. The predicted octanol–water partition coefficient (Wildman–Crippen LogP) is 20.9. The average Bonchev–Trinajstić information content (AvgIpc) is 0.724. The highest BCUT2D eigenvalue weighted by Crippen LogP contribution is 2.58. The van der Waals surface area contributed by atoms with Crippen LogP contribution in [0.4, 0.5) is 0 Å². The van der Waals surface area contributed by atoms with E-state index in [4.69, 9.17) is 56.8 Å². The van der Waals surface area contributed by atoms with Crippen LogP contribution in [0.3, 0.4) is 0 Å². The van der Waals surface area contributed by atoms with Gasteiger partial charge in [-0.05, 0) is 314 Å². The van der Waals surface area contributed by atoms with Crippen LogP contribution in [0.15, 0.2) is 212 Å². The first-order chi connectivity index (χ1) is 48.4. The molecule has 0 saturated heterocycles. The molecule has 0 amide bonds. The van der Waals surface area contributed by atoms with Crippen LogP contribution >= 0.6 is 90.4 Å². The third-order valence-electron chi connectivity index (χ3n) is 17.5. The van der Waals surface area contributed by atoms with E-state index in [0.29, 0.717) is 57.5 Å². The SMILES string of the molecule is COc1ccc(Oc2ccc3c4c(ccc3c2)Oc2c(OCCOc3c(I)cc(C5c6c(ccc7cc(OCCO)ccc67)Oc6ccc7cc(OCCO)ccc7c65)cc3I)cc3cc(Oc5ccc(OC)cc5)ccc3c2C4c2cc(I)c(Oc3ccc(OC)cc3)c(I)c2)cc1. The summed E-state index contributed by atoms with van der Waals surface area (Å²) in [5, 5.41) is 26.9. The number of methoxy groups -OCH3 is 3. The van der Waals surface area contributed by atoms with Crippen molar-refractivity contribution in [3.8, 4) is 97.7 Å². The third kappa shape index (κ3) is 13.4. The molecule has 2 aliphatic rings. The maximum absolute atomic E-state index is 9.59. The summed E-state index contributed by atoms with van der Waals surface area (Å²) in [5.41, 5.74) is 5.97. The van der Waals surface area contributed by atoms with E-state index in [1.807, 2.05) is 152 Å². The van der Waals surface area contributed by atoms with Gasteiger partial charge < -0.3 is 67.1 Å². The molecule has 13 aromatic carbocycles. The maximum Gasteiger partial charge on any atom is 0.174 e. The lowest BCUT2D eigenvalue weighted by Crippen LogP contribution is -2.16. The first kappa shape index (κ1) is 66.2. The van der Waals surface area contributed by atoms with Crippen molar-refractivity contribution in [1.82, 2.24) is 0 Å². The topological polar surface area (TPSA) is 151 Å². The Labute approximate surface area is 625 Å². The maximum atomic E-state index is 9.59. The molecule has 99 heavy (non-hydrogen) atoms. The Kier molecular flexibility index (Phi) is 19.3. The predicted molar refractivity (Wildman–Crippen MR) is 417 cm³/mol. The number of halogens is 4. The average molecular weight is 1760 g/mol. The number of aliphatic hydroxyl groups excluding tert-OH is 2. The van der Waals surface area contributed by atoms with Crippen LogP contribution in [0, 0.1) is 14.3 Å². The largest absolute Gasteiger partial charge is 0.497 e. The van der Waals surface area contributed by atoms with E-state index in [-0.39, 0.29) is 45.6 Å². The van der Waals surface area contributed by atoms with E-state index in [1.54, 1.807) is 21.3 Å². The molecule has 15 rings (SSSR count). The highest BCUT2D eigenvalue weighted by atomic mass is 127. The van der Waals surface area contributed by atoms with Gasteiger partial charge in [0, 0.05) is 34.1 Å². The van der Waals surface area contributed by atoms with Gasteiger partial charge in [-0.15, -0.1) is 0 Å². The van der Waals surface area contributed by atoms with Gasteiger partial charge in [0.1, 0.15) is 107 Å². The fourth-order valence-electron chi connectivity index (χ4n) is 13.1. The molecule has 0 bridgehead atoms. The Morgan fingerprint density at radius 2 is 0.667 bits per heavy atom. The van der Waals surface area contributed by atoms with Crippen molar-refractivity contribution >= 4 is 133 Å². The second-order valence-electron chi connectivity index (χ2n) is 23.5. The fraction of sp³-hybridized carbons (Fsp3) is 0.136. The molecule has 2 N–H and O–H groups in total. The van der Waals surface area contributed by atoms with Gasteiger partial charge in [-0.2, -0.15) is 0 Å². The van der Waals surface area contributed by atoms with Crippen LogP contribution in [0.5, 0.6) is 97.7 Å². The van der Waals surface area contributed by atoms with Crippen LogP contribution in [-0.2, 0) is 0 Å². The molecule has 0 saturated carbocycles. The molecule has 14 nitrogen and oxygen atoms in total. The summed E-state index contributed by atoms with van der Waals surface area (Å²) in [4.78, 5) is 0. The van der Waals surface area contributed by atoms with Gasteiger partial charge in [0.2, 0.25) is 0 Å². The van der Waals surface area contributed by atoms with Crippen LogP contribution in [0.2, 0.25) is 0 Å². The van der Waals surface area contributed by atoms with Gasteiger partial charge >= 0.3 is 0 Å². The van der Waals surface area contributed by atoms with E-state index >= 15 is 0 Å². The smallest absolute Gasteiger partial charge is 0.174 e. The first-order valence-corrected chi connectivity index (χ1v) is 36.1. The molecule has 13 aromatic rings. The first-order valence-electron chi connectivity index (χ1n) is 31.8. The Morgan fingerprint density at radius 1 is 0.313 bits per heavy atom. The number of hydrogen-bond acceptors (Lipinski definition) is 14. The van der Waals surface area contributed by atoms with Crippen molar-refractivity contribution in [3.05, 3.63) is 260 Å². The van der Waals surface area contributed by atoms with E-state index in [9.17, 15) is 10.2 Å². The molecule has 0 aromatic heterocycles. The number of benzene rings is 13. The number of rotatable bonds is 22. The lowest BCUT2D eigenvalue weighted by molar-refractivity contribution is 0.201. The zero-order valence-corrected chi connectivity index (χ0v) is 62.0. The molecule has 0 fully saturated rings. The number of aliphatic hydroxyl groups is 2. The van der Waals surface area contributed by atoms with Gasteiger partial charge in [0.15, 0.2) is 17.2 Å². The molecular weight excluding hydrogens is 1700 g/mol. The van der Waals surface area contributed by atoms with Crippen molar-refractivity contribution in [2.75, 3.05) is 61.0 Å². The Bertz CT molecular complexity index is 5100. The number of ether oxygens (including phenoxy) is 12. The normalized spacial score (nSPS) is 13.0. The van der Waals surface area contributed by atoms with Crippen molar-refractivity contribution < 1.29 is 67.1 Å². The molecule has 2 heterocycles. The van der Waals surface area contributed by atoms with Crippen molar-refractivity contribution in [2.24, 2.45) is 0 Å². The molecule has 1 atom stereocenters. The molecule has 0 spiro atoms. The minimum atomic E-state index is -0.410. The van der Waals surface area contributed by atoms with Gasteiger partial charge in [-0.1, -0.05) is 42.5 Å². The summed E-state index contributed by atoms with van der Waals surface area (Å²) in [6, 6.07) is 70.2. The second kappa shape index (κ2) is 28.9. The van der Waals surface area contributed by atoms with Crippen LogP contribution in [0.25, 0.3) is 43.1 Å². The van der Waals surface area contributed by atoms with E-state index in [2.05, 4.69) is 151 Å². The summed E-state index contributed by atoms with van der Waals surface area (Å²) in [5.74, 6) is 10.9. The van der Waals surface area contributed by atoms with Gasteiger partial charge in [-0.25, -0.2) is 0 Å². The van der Waals surface area contributed by atoms with E-state index in [0.717, 1.165) is 131 Å². The lowest BCUT2D eigenvalue weighted by atomic mass is 9.78. The molecular formula is C81H60I4O14. The van der Waals surface area contributed by atoms with Crippen molar-refractivity contribution in [3.63, 3.8) is 0 Å². The van der Waals surface area contributed by atoms with E-state index < -0.39 is 5.92 Å². The number of fused-ring (bicyclic) bond motifs is 12. The summed E-state index contributed by atoms with van der Waals surface area (Å²) in [6.07, 6.45) is 0. The highest BCUT2D eigenvalue weighted by Gasteiger charge is 2.37. The summed E-state index contributed by atoms with van der Waals surface area (Å²) < 4.78 is 79.5. The Morgan fingerprint density at radius 3 is 1.11 bits per heavy atom. The van der Waals surface area contributed by atoms with Crippen LogP contribution in [-0.4, -0.2) is 71.2 Å². The summed E-state index contributed by atoms with van der Waals surface area (Å²) >= 11 is 9.56. The lowest BCUT2D eigenvalue weighted by Gasteiger charge is -2.33. The van der Waals surface area contributed by atoms with Crippen molar-refractivity contribution in [2.45, 2.75) is 11.8 Å². The molecule has 18 heteroatoms. The van der Waals surface area contributed by atoms with E-state index in [1.165, 1.54) is 0 Å². The van der Waals surface area contributed by atoms with Gasteiger partial charge in [0.25, 0.3) is 0 Å². The van der Waals surface area contributed by atoms with Crippen LogP contribution in [0.1, 0.15) is 45.2 Å². The molecule has 2 aliphatic heterocycles. The molecule has 0 radical (unpaired) electrons. The zero-order valence-electron chi connectivity index (χ0n) is 53.4. The fourth-order valence-corrected chi connectivity index (χ4v) is 17.3. The van der Waals surface area contributed by atoms with Crippen molar-refractivity contribution in [1.29, 1.82) is 0 Å². The Hall–Kier alpha value is -8.66. The van der Waals surface area contributed by atoms with Gasteiger partial charge in [-0.3, -0.25) is 0 Å². The monoisotopic (exact) mass is 1760 g/mol. The molecule has 496 valence electrons. The standard InChI is InChI=1S/C81H60I4O14/c1-88-51-7-13-54(14-8-51)95-59-21-25-63-47(38-59)6-29-71-77(63)74(50-42-67(84)80(68(85)43-50)97-56-17-11-53(90-3)12-18-56)78-64-26-22-60(96-55-15-9-52(89-2)10-16-55)39-48(64)44-72(81(78)99-71)93-34-35-94-79-65(82)40-49(41-66(79)83)73-75-61-23-19-57(91-32-30-86)36-45(61)4-27-69(75)98-70-28-5-46-37-58(92-33-31-87)20-24-62(46)76(70)73/h4-29,36-44,73-74,86-87H,30-35H2,1-3H3. The molecule has 1 unspecified atom stereocenters. The highest BCUT2D eigenvalue weighted by molar-refractivity contribution is 14.1. The third-order valence-corrected chi connectivity index (χ3v) is 20.7. The summed E-state index contributed by atoms with van der Waals surface area (Å²) in [7, 11) is 4.94.